The highest BCUT2D eigenvalue weighted by Gasteiger charge is 2.52. The molecule has 0 N–H and O–H groups in total. The average Bonchev–Trinajstić information content (AvgIpc) is 2.56. The van der Waals surface area contributed by atoms with Crippen LogP contribution in [-0.4, -0.2) is 46.3 Å². The molecule has 0 spiro atoms. The molecule has 1 heterocycles. The number of likely N-dealkylation sites (N-methyl/N-ethyl adjacent to an activating group) is 1. The maximum atomic E-state index is 12.8. The first-order chi connectivity index (χ1) is 9.88. The quantitative estimate of drug-likeness (QED) is 0.699. The third kappa shape index (κ3) is 3.16. The van der Waals surface area contributed by atoms with E-state index in [0.717, 1.165) is 25.8 Å². The van der Waals surface area contributed by atoms with Gasteiger partial charge < -0.3 is 9.80 Å². The summed E-state index contributed by atoms with van der Waals surface area (Å²) < 4.78 is 0. The first-order valence-electron chi connectivity index (χ1n) is 8.51. The van der Waals surface area contributed by atoms with Crippen molar-refractivity contribution < 1.29 is 9.59 Å². The molecule has 0 aromatic rings. The van der Waals surface area contributed by atoms with Gasteiger partial charge in [-0.2, -0.15) is 0 Å². The fourth-order valence-electron chi connectivity index (χ4n) is 4.86. The minimum absolute atomic E-state index is 0.168. The van der Waals surface area contributed by atoms with Gasteiger partial charge in [-0.25, -0.2) is 0 Å². The van der Waals surface area contributed by atoms with E-state index in [1.54, 1.807) is 4.90 Å². The zero-order valence-electron chi connectivity index (χ0n) is 15.3. The summed E-state index contributed by atoms with van der Waals surface area (Å²) in [6.07, 6.45) is 3.17. The lowest BCUT2D eigenvalue weighted by atomic mass is 9.65. The number of hydrogen-bond acceptors (Lipinski definition) is 2. The van der Waals surface area contributed by atoms with Crippen molar-refractivity contribution in [1.29, 1.82) is 0 Å². The van der Waals surface area contributed by atoms with Crippen molar-refractivity contribution >= 4 is 11.8 Å². The standard InChI is InChI=1S/C18H32N2O2/c1-8-20(16(2,3)4)15(22)14(21)19-12-18(7)10-13(19)9-17(5,6)11-18/h13H,8-12H2,1-7H3. The van der Waals surface area contributed by atoms with Crippen molar-refractivity contribution in [3.8, 4) is 0 Å². The second-order valence-electron chi connectivity index (χ2n) is 9.37. The monoisotopic (exact) mass is 308 g/mol. The summed E-state index contributed by atoms with van der Waals surface area (Å²) in [5, 5.41) is 0. The molecule has 2 amide bonds. The maximum absolute atomic E-state index is 12.8. The summed E-state index contributed by atoms with van der Waals surface area (Å²) in [7, 11) is 0. The van der Waals surface area contributed by atoms with Crippen LogP contribution in [0.25, 0.3) is 0 Å². The van der Waals surface area contributed by atoms with Gasteiger partial charge in [-0.15, -0.1) is 0 Å². The highest BCUT2D eigenvalue weighted by Crippen LogP contribution is 2.52. The SMILES string of the molecule is CCN(C(=O)C(=O)N1CC2(C)CC1CC(C)(C)C2)C(C)(C)C. The highest BCUT2D eigenvalue weighted by atomic mass is 16.2. The molecule has 0 aromatic carbocycles. The topological polar surface area (TPSA) is 40.6 Å². The van der Waals surface area contributed by atoms with E-state index in [4.69, 9.17) is 0 Å². The summed E-state index contributed by atoms with van der Waals surface area (Å²) in [5.74, 6) is -0.646. The molecule has 2 bridgehead atoms. The summed E-state index contributed by atoms with van der Waals surface area (Å²) in [5.41, 5.74) is 0.102. The lowest BCUT2D eigenvalue weighted by molar-refractivity contribution is -0.155. The van der Waals surface area contributed by atoms with Crippen LogP contribution in [0.1, 0.15) is 67.7 Å². The number of rotatable bonds is 1. The zero-order valence-corrected chi connectivity index (χ0v) is 15.3. The first-order valence-corrected chi connectivity index (χ1v) is 8.51. The molecule has 2 rings (SSSR count). The number of amides is 2. The van der Waals surface area contributed by atoms with Crippen LogP contribution in [0, 0.1) is 10.8 Å². The predicted molar refractivity (Wildman–Crippen MR) is 88.4 cm³/mol. The third-order valence-electron chi connectivity index (χ3n) is 5.23. The van der Waals surface area contributed by atoms with Gasteiger partial charge in [-0.1, -0.05) is 20.8 Å². The molecular formula is C18H32N2O2. The van der Waals surface area contributed by atoms with E-state index in [0.29, 0.717) is 6.54 Å². The molecule has 4 heteroatoms. The second-order valence-corrected chi connectivity index (χ2v) is 9.37. The van der Waals surface area contributed by atoms with Crippen molar-refractivity contribution in [3.63, 3.8) is 0 Å². The summed E-state index contributed by atoms with van der Waals surface area (Å²) in [6.45, 7) is 16.0. The smallest absolute Gasteiger partial charge is 0.312 e. The van der Waals surface area contributed by atoms with Gasteiger partial charge >= 0.3 is 11.8 Å². The molecule has 0 aromatic heterocycles. The van der Waals surface area contributed by atoms with Crippen LogP contribution < -0.4 is 0 Å². The van der Waals surface area contributed by atoms with Crippen LogP contribution in [0.15, 0.2) is 0 Å². The van der Waals surface area contributed by atoms with Crippen molar-refractivity contribution in [2.45, 2.75) is 79.3 Å². The number of fused-ring (bicyclic) bond motifs is 2. The van der Waals surface area contributed by atoms with E-state index < -0.39 is 0 Å². The molecule has 4 nitrogen and oxygen atoms in total. The van der Waals surface area contributed by atoms with Crippen molar-refractivity contribution in [1.82, 2.24) is 9.80 Å². The first kappa shape index (κ1) is 17.3. The molecular weight excluding hydrogens is 276 g/mol. The molecule has 1 aliphatic heterocycles. The predicted octanol–water partition coefficient (Wildman–Crippen LogP) is 3.06. The van der Waals surface area contributed by atoms with E-state index in [1.165, 1.54) is 0 Å². The number of hydrogen-bond donors (Lipinski definition) is 0. The number of carbonyl (C=O) groups excluding carboxylic acids is 2. The normalized spacial score (nSPS) is 30.3. The second kappa shape index (κ2) is 5.24. The van der Waals surface area contributed by atoms with Gasteiger partial charge in [0.2, 0.25) is 0 Å². The van der Waals surface area contributed by atoms with E-state index in [2.05, 4.69) is 20.8 Å². The molecule has 2 unspecified atom stereocenters. The fourth-order valence-corrected chi connectivity index (χ4v) is 4.86. The van der Waals surface area contributed by atoms with E-state index in [1.807, 2.05) is 32.6 Å². The van der Waals surface area contributed by atoms with E-state index in [9.17, 15) is 9.59 Å². The Morgan fingerprint density at radius 1 is 1.18 bits per heavy atom. The molecule has 2 atom stereocenters. The van der Waals surface area contributed by atoms with Gasteiger partial charge in [0.05, 0.1) is 0 Å². The van der Waals surface area contributed by atoms with Crippen LogP contribution in [-0.2, 0) is 9.59 Å². The Labute approximate surface area is 135 Å². The Morgan fingerprint density at radius 3 is 2.27 bits per heavy atom. The van der Waals surface area contributed by atoms with Gasteiger partial charge in [0, 0.05) is 24.7 Å². The van der Waals surface area contributed by atoms with Crippen LogP contribution >= 0.6 is 0 Å². The largest absolute Gasteiger partial charge is 0.331 e. The zero-order chi connectivity index (χ0) is 16.9. The molecule has 1 saturated heterocycles. The van der Waals surface area contributed by atoms with Crippen LogP contribution in [0.5, 0.6) is 0 Å². The molecule has 2 fully saturated rings. The summed E-state index contributed by atoms with van der Waals surface area (Å²) >= 11 is 0. The average molecular weight is 308 g/mol. The van der Waals surface area contributed by atoms with Gasteiger partial charge in [0.25, 0.3) is 0 Å². The molecule has 2 aliphatic rings. The third-order valence-corrected chi connectivity index (χ3v) is 5.23. The lowest BCUT2D eigenvalue weighted by Gasteiger charge is -2.39. The number of likely N-dealkylation sites (tertiary alicyclic amines) is 1. The number of nitrogens with zero attached hydrogens (tertiary/aromatic N) is 2. The Morgan fingerprint density at radius 2 is 1.77 bits per heavy atom. The molecule has 1 saturated carbocycles. The van der Waals surface area contributed by atoms with Crippen molar-refractivity contribution in [3.05, 3.63) is 0 Å². The highest BCUT2D eigenvalue weighted by molar-refractivity contribution is 6.35. The van der Waals surface area contributed by atoms with Gasteiger partial charge in [-0.05, 0) is 57.8 Å². The maximum Gasteiger partial charge on any atom is 0.312 e. The summed E-state index contributed by atoms with van der Waals surface area (Å²) in [4.78, 5) is 29.1. The Kier molecular flexibility index (Phi) is 4.12. The minimum atomic E-state index is -0.344. The van der Waals surface area contributed by atoms with Crippen LogP contribution in [0.3, 0.4) is 0 Å². The minimum Gasteiger partial charge on any atom is -0.331 e. The molecule has 22 heavy (non-hydrogen) atoms. The molecule has 126 valence electrons. The lowest BCUT2D eigenvalue weighted by Crippen LogP contribution is -2.53. The van der Waals surface area contributed by atoms with Gasteiger partial charge in [0.1, 0.15) is 0 Å². The van der Waals surface area contributed by atoms with Gasteiger partial charge in [0.15, 0.2) is 0 Å². The molecule has 0 radical (unpaired) electrons. The van der Waals surface area contributed by atoms with Gasteiger partial charge in [-0.3, -0.25) is 9.59 Å². The Bertz CT molecular complexity index is 478. The van der Waals surface area contributed by atoms with Crippen molar-refractivity contribution in [2.75, 3.05) is 13.1 Å². The Balaban J connectivity index is 2.19. The van der Waals surface area contributed by atoms with Crippen LogP contribution in [0.2, 0.25) is 0 Å². The van der Waals surface area contributed by atoms with Crippen LogP contribution in [0.4, 0.5) is 0 Å². The summed E-state index contributed by atoms with van der Waals surface area (Å²) in [6, 6.07) is 0.226. The van der Waals surface area contributed by atoms with E-state index >= 15 is 0 Å². The van der Waals surface area contributed by atoms with Crippen molar-refractivity contribution in [2.24, 2.45) is 10.8 Å². The molecule has 1 aliphatic carbocycles. The Hall–Kier alpha value is -1.06. The van der Waals surface area contributed by atoms with E-state index in [-0.39, 0.29) is 34.2 Å². The number of carbonyl (C=O) groups is 2. The fraction of sp³-hybridized carbons (Fsp3) is 0.889.